The van der Waals surface area contributed by atoms with Gasteiger partial charge in [-0.15, -0.1) is 0 Å². The fourth-order valence-electron chi connectivity index (χ4n) is 1.60. The molecule has 0 atom stereocenters. The summed E-state index contributed by atoms with van der Waals surface area (Å²) in [5, 5.41) is 0. The van der Waals surface area contributed by atoms with Crippen molar-refractivity contribution >= 4 is 0 Å². The Morgan fingerprint density at radius 1 is 1.00 bits per heavy atom. The van der Waals surface area contributed by atoms with Crippen LogP contribution in [0, 0.1) is 0 Å². The van der Waals surface area contributed by atoms with Crippen LogP contribution in [0.15, 0.2) is 42.6 Å². The van der Waals surface area contributed by atoms with Crippen LogP contribution in [-0.4, -0.2) is 4.98 Å². The Balaban J connectivity index is 2.38. The Morgan fingerprint density at radius 2 is 1.67 bits per heavy atom. The summed E-state index contributed by atoms with van der Waals surface area (Å²) in [4.78, 5) is 3.32. The summed E-state index contributed by atoms with van der Waals surface area (Å²) in [7, 11) is 0. The molecule has 1 heterocycles. The molecular weight excluding hydrogens is 241 g/mol. The highest BCUT2D eigenvalue weighted by atomic mass is 19.4. The van der Waals surface area contributed by atoms with Crippen LogP contribution in [0.5, 0.6) is 0 Å². The Labute approximate surface area is 102 Å². The average molecular weight is 252 g/mol. The molecule has 0 spiro atoms. The third-order valence-corrected chi connectivity index (χ3v) is 2.57. The molecule has 18 heavy (non-hydrogen) atoms. The molecule has 2 aromatic rings. The SMILES string of the molecule is NCc1ccc(-c2ccnc(C(F)(F)F)c2)cc1. The van der Waals surface area contributed by atoms with E-state index in [4.69, 9.17) is 5.73 Å². The van der Waals surface area contributed by atoms with Crippen LogP contribution in [0.25, 0.3) is 11.1 Å². The average Bonchev–Trinajstić information content (AvgIpc) is 2.38. The Kier molecular flexibility index (Phi) is 3.34. The van der Waals surface area contributed by atoms with Gasteiger partial charge in [-0.2, -0.15) is 13.2 Å². The lowest BCUT2D eigenvalue weighted by atomic mass is 10.0. The molecule has 0 bridgehead atoms. The summed E-state index contributed by atoms with van der Waals surface area (Å²) in [6, 6.07) is 9.67. The topological polar surface area (TPSA) is 38.9 Å². The second kappa shape index (κ2) is 4.78. The number of halogens is 3. The van der Waals surface area contributed by atoms with E-state index in [2.05, 4.69) is 4.98 Å². The minimum atomic E-state index is -4.42. The number of pyridine rings is 1. The van der Waals surface area contributed by atoms with E-state index in [1.165, 1.54) is 0 Å². The molecular formula is C13H11F3N2. The maximum Gasteiger partial charge on any atom is 0.433 e. The van der Waals surface area contributed by atoms with Crippen molar-refractivity contribution in [2.24, 2.45) is 5.73 Å². The molecule has 1 aromatic heterocycles. The van der Waals surface area contributed by atoms with Crippen molar-refractivity contribution in [3.8, 4) is 11.1 Å². The zero-order chi connectivity index (χ0) is 13.2. The van der Waals surface area contributed by atoms with Crippen molar-refractivity contribution in [2.45, 2.75) is 12.7 Å². The Bertz CT molecular complexity index is 533. The number of nitrogens with zero attached hydrogens (tertiary/aromatic N) is 1. The van der Waals surface area contributed by atoms with Gasteiger partial charge in [-0.3, -0.25) is 4.98 Å². The predicted octanol–water partition coefficient (Wildman–Crippen LogP) is 3.23. The molecule has 0 amide bonds. The van der Waals surface area contributed by atoms with Gasteiger partial charge in [0.1, 0.15) is 5.69 Å². The van der Waals surface area contributed by atoms with Gasteiger partial charge in [0.05, 0.1) is 0 Å². The number of hydrogen-bond acceptors (Lipinski definition) is 2. The normalized spacial score (nSPS) is 11.6. The second-order valence-corrected chi connectivity index (χ2v) is 3.83. The van der Waals surface area contributed by atoms with Crippen molar-refractivity contribution < 1.29 is 13.2 Å². The maximum absolute atomic E-state index is 12.5. The van der Waals surface area contributed by atoms with E-state index in [9.17, 15) is 13.2 Å². The van der Waals surface area contributed by atoms with Crippen LogP contribution < -0.4 is 5.73 Å². The van der Waals surface area contributed by atoms with Gasteiger partial charge in [-0.1, -0.05) is 24.3 Å². The quantitative estimate of drug-likeness (QED) is 0.891. The molecule has 0 unspecified atom stereocenters. The molecule has 0 aliphatic carbocycles. The molecule has 94 valence electrons. The van der Waals surface area contributed by atoms with Gasteiger partial charge in [0.2, 0.25) is 0 Å². The number of aromatic nitrogens is 1. The Morgan fingerprint density at radius 3 is 2.22 bits per heavy atom. The van der Waals surface area contributed by atoms with Gasteiger partial charge >= 0.3 is 6.18 Å². The molecule has 0 aliphatic rings. The molecule has 5 heteroatoms. The highest BCUT2D eigenvalue weighted by molar-refractivity contribution is 5.63. The number of hydrogen-bond donors (Lipinski definition) is 1. The van der Waals surface area contributed by atoms with Crippen LogP contribution in [0.4, 0.5) is 13.2 Å². The first-order valence-corrected chi connectivity index (χ1v) is 5.33. The zero-order valence-corrected chi connectivity index (χ0v) is 9.41. The van der Waals surface area contributed by atoms with Crippen LogP contribution in [0.1, 0.15) is 11.3 Å². The maximum atomic E-state index is 12.5. The number of benzene rings is 1. The summed E-state index contributed by atoms with van der Waals surface area (Å²) in [5.74, 6) is 0. The van der Waals surface area contributed by atoms with E-state index in [0.29, 0.717) is 17.7 Å². The minimum Gasteiger partial charge on any atom is -0.326 e. The third kappa shape index (κ3) is 2.68. The van der Waals surface area contributed by atoms with E-state index >= 15 is 0 Å². The van der Waals surface area contributed by atoms with Gasteiger partial charge < -0.3 is 5.73 Å². The molecule has 0 saturated heterocycles. The van der Waals surface area contributed by atoms with Crippen molar-refractivity contribution in [2.75, 3.05) is 0 Å². The fraction of sp³-hybridized carbons (Fsp3) is 0.154. The van der Waals surface area contributed by atoms with Crippen LogP contribution in [0.3, 0.4) is 0 Å². The van der Waals surface area contributed by atoms with Gasteiger partial charge in [-0.05, 0) is 28.8 Å². The smallest absolute Gasteiger partial charge is 0.326 e. The first-order valence-electron chi connectivity index (χ1n) is 5.33. The van der Waals surface area contributed by atoms with Crippen LogP contribution >= 0.6 is 0 Å². The van der Waals surface area contributed by atoms with E-state index < -0.39 is 11.9 Å². The van der Waals surface area contributed by atoms with Crippen molar-refractivity contribution in [1.29, 1.82) is 0 Å². The number of nitrogens with two attached hydrogens (primary N) is 1. The second-order valence-electron chi connectivity index (χ2n) is 3.83. The third-order valence-electron chi connectivity index (χ3n) is 2.57. The van der Waals surface area contributed by atoms with Gasteiger partial charge in [0.15, 0.2) is 0 Å². The summed E-state index contributed by atoms with van der Waals surface area (Å²) >= 11 is 0. The van der Waals surface area contributed by atoms with Crippen molar-refractivity contribution in [3.05, 3.63) is 53.9 Å². The predicted molar refractivity (Wildman–Crippen MR) is 62.6 cm³/mol. The summed E-state index contributed by atoms with van der Waals surface area (Å²) < 4.78 is 37.6. The van der Waals surface area contributed by atoms with Gasteiger partial charge in [0, 0.05) is 12.7 Å². The molecule has 0 radical (unpaired) electrons. The lowest BCUT2D eigenvalue weighted by molar-refractivity contribution is -0.141. The van der Waals surface area contributed by atoms with Crippen LogP contribution in [-0.2, 0) is 12.7 Å². The van der Waals surface area contributed by atoms with Crippen LogP contribution in [0.2, 0.25) is 0 Å². The van der Waals surface area contributed by atoms with E-state index in [1.807, 2.05) is 0 Å². The first kappa shape index (κ1) is 12.6. The summed E-state index contributed by atoms with van der Waals surface area (Å²) in [6.45, 7) is 0.407. The fourth-order valence-corrected chi connectivity index (χ4v) is 1.60. The zero-order valence-electron chi connectivity index (χ0n) is 9.41. The lowest BCUT2D eigenvalue weighted by Gasteiger charge is -2.08. The molecule has 2 rings (SSSR count). The molecule has 0 fully saturated rings. The highest BCUT2D eigenvalue weighted by Gasteiger charge is 2.32. The largest absolute Gasteiger partial charge is 0.433 e. The van der Waals surface area contributed by atoms with E-state index in [1.54, 1.807) is 30.3 Å². The molecule has 2 nitrogen and oxygen atoms in total. The standard InChI is InChI=1S/C13H11F3N2/c14-13(15,16)12-7-11(5-6-18-12)10-3-1-9(8-17)2-4-10/h1-7H,8,17H2. The summed E-state index contributed by atoms with van der Waals surface area (Å²) in [6.07, 6.45) is -3.26. The van der Waals surface area contributed by atoms with Gasteiger partial charge in [-0.25, -0.2) is 0 Å². The number of rotatable bonds is 2. The monoisotopic (exact) mass is 252 g/mol. The van der Waals surface area contributed by atoms with Gasteiger partial charge in [0.25, 0.3) is 0 Å². The van der Waals surface area contributed by atoms with Crippen molar-refractivity contribution in [1.82, 2.24) is 4.98 Å². The molecule has 2 N–H and O–H groups in total. The number of alkyl halides is 3. The lowest BCUT2D eigenvalue weighted by Crippen LogP contribution is -2.07. The minimum absolute atomic E-state index is 0.407. The summed E-state index contributed by atoms with van der Waals surface area (Å²) in [5.41, 5.74) is 6.70. The molecule has 1 aromatic carbocycles. The Hall–Kier alpha value is -1.88. The van der Waals surface area contributed by atoms with E-state index in [-0.39, 0.29) is 0 Å². The first-order chi connectivity index (χ1) is 8.50. The molecule has 0 aliphatic heterocycles. The van der Waals surface area contributed by atoms with Crippen molar-refractivity contribution in [3.63, 3.8) is 0 Å². The highest BCUT2D eigenvalue weighted by Crippen LogP contribution is 2.30. The molecule has 0 saturated carbocycles. The van der Waals surface area contributed by atoms with E-state index in [0.717, 1.165) is 17.8 Å².